The average molecular weight is 314 g/mol. The topological polar surface area (TPSA) is 86.1 Å². The van der Waals surface area contributed by atoms with Crippen molar-refractivity contribution in [3.63, 3.8) is 0 Å². The number of halogens is 1. The van der Waals surface area contributed by atoms with E-state index in [2.05, 4.69) is 11.6 Å². The second kappa shape index (κ2) is 5.52. The number of allylic oxidation sites excluding steroid dienone is 1. The first-order valence-corrected chi connectivity index (χ1v) is 7.27. The Morgan fingerprint density at radius 2 is 2.39 bits per heavy atom. The molecule has 6 heteroatoms. The molecule has 1 aliphatic rings. The fourth-order valence-electron chi connectivity index (χ4n) is 3.20. The van der Waals surface area contributed by atoms with Gasteiger partial charge in [0.25, 0.3) is 0 Å². The van der Waals surface area contributed by atoms with E-state index in [-0.39, 0.29) is 18.5 Å². The predicted molar refractivity (Wildman–Crippen MR) is 81.4 cm³/mol. The Hall–Kier alpha value is -2.65. The number of ether oxygens (including phenoxy) is 1. The van der Waals surface area contributed by atoms with Crippen molar-refractivity contribution in [3.05, 3.63) is 47.4 Å². The second-order valence-electron chi connectivity index (χ2n) is 5.49. The number of aliphatic carboxylic acids is 1. The number of aromatic nitrogens is 1. The van der Waals surface area contributed by atoms with E-state index in [1.54, 1.807) is 6.08 Å². The number of hydrogen-bond acceptors (Lipinski definition) is 3. The van der Waals surface area contributed by atoms with Gasteiger partial charge < -0.3 is 14.8 Å². The highest BCUT2D eigenvalue weighted by Crippen LogP contribution is 2.41. The standard InChI is InChI=1S/C17H15FN2O3/c1-2-3-7-17(16(21)22)15-11(6-8-23-17)13-10(9-19)4-5-12(18)14(13)20-15/h2,4-5,20H,1,3,6-8H2,(H,21,22). The molecule has 1 aromatic heterocycles. The molecule has 0 radical (unpaired) electrons. The zero-order valence-electron chi connectivity index (χ0n) is 12.4. The lowest BCUT2D eigenvalue weighted by molar-refractivity contribution is -0.171. The normalized spacial score (nSPS) is 20.0. The number of nitriles is 1. The fourth-order valence-corrected chi connectivity index (χ4v) is 3.20. The van der Waals surface area contributed by atoms with Crippen molar-refractivity contribution < 1.29 is 19.0 Å². The van der Waals surface area contributed by atoms with Crippen LogP contribution in [-0.4, -0.2) is 22.7 Å². The minimum absolute atomic E-state index is 0.156. The molecular weight excluding hydrogens is 299 g/mol. The van der Waals surface area contributed by atoms with Gasteiger partial charge in [0.2, 0.25) is 5.60 Å². The van der Waals surface area contributed by atoms with Crippen molar-refractivity contribution in [1.82, 2.24) is 4.98 Å². The molecular formula is C17H15FN2O3. The van der Waals surface area contributed by atoms with Gasteiger partial charge in [0, 0.05) is 5.39 Å². The van der Waals surface area contributed by atoms with Crippen LogP contribution in [0.15, 0.2) is 24.8 Å². The van der Waals surface area contributed by atoms with Crippen LogP contribution in [0.1, 0.15) is 29.7 Å². The summed E-state index contributed by atoms with van der Waals surface area (Å²) in [6.45, 7) is 3.81. The number of carboxylic acids is 1. The maximum atomic E-state index is 14.1. The zero-order valence-corrected chi connectivity index (χ0v) is 12.4. The summed E-state index contributed by atoms with van der Waals surface area (Å²) in [5.74, 6) is -1.65. The number of H-pyrrole nitrogens is 1. The fraction of sp³-hybridized carbons (Fsp3) is 0.294. The van der Waals surface area contributed by atoms with Crippen LogP contribution in [0.3, 0.4) is 0 Å². The molecule has 0 spiro atoms. The van der Waals surface area contributed by atoms with Gasteiger partial charge in [-0.05, 0) is 37.0 Å². The first-order chi connectivity index (χ1) is 11.0. The smallest absolute Gasteiger partial charge is 0.342 e. The van der Waals surface area contributed by atoms with Gasteiger partial charge in [-0.1, -0.05) is 6.08 Å². The second-order valence-corrected chi connectivity index (χ2v) is 5.49. The third-order valence-electron chi connectivity index (χ3n) is 4.28. The van der Waals surface area contributed by atoms with E-state index in [1.165, 1.54) is 12.1 Å². The molecule has 0 bridgehead atoms. The van der Waals surface area contributed by atoms with Crippen LogP contribution < -0.4 is 0 Å². The minimum Gasteiger partial charge on any atom is -0.479 e. The number of hydrogen-bond donors (Lipinski definition) is 2. The van der Waals surface area contributed by atoms with Crippen molar-refractivity contribution in [1.29, 1.82) is 5.26 Å². The van der Waals surface area contributed by atoms with Crippen LogP contribution in [0.2, 0.25) is 0 Å². The van der Waals surface area contributed by atoms with Crippen LogP contribution in [-0.2, 0) is 21.6 Å². The number of carboxylic acid groups (broad SMARTS) is 1. The summed E-state index contributed by atoms with van der Waals surface area (Å²) < 4.78 is 19.8. The van der Waals surface area contributed by atoms with Gasteiger partial charge in [0.05, 0.1) is 29.5 Å². The van der Waals surface area contributed by atoms with Crippen LogP contribution in [0, 0.1) is 17.1 Å². The number of nitrogens with one attached hydrogen (secondary N) is 1. The summed E-state index contributed by atoms with van der Waals surface area (Å²) in [7, 11) is 0. The summed E-state index contributed by atoms with van der Waals surface area (Å²) in [5.41, 5.74) is -0.115. The lowest BCUT2D eigenvalue weighted by Crippen LogP contribution is -2.43. The third-order valence-corrected chi connectivity index (χ3v) is 4.28. The van der Waals surface area contributed by atoms with Crippen molar-refractivity contribution in [2.45, 2.75) is 24.9 Å². The average Bonchev–Trinajstić information content (AvgIpc) is 2.94. The Kier molecular flexibility index (Phi) is 3.66. The van der Waals surface area contributed by atoms with Crippen molar-refractivity contribution in [2.75, 3.05) is 6.61 Å². The van der Waals surface area contributed by atoms with Gasteiger partial charge in [0.1, 0.15) is 5.82 Å². The SMILES string of the molecule is C=CCCC1(C(=O)O)OCCc2c1[nH]c1c(F)ccc(C#N)c21. The van der Waals surface area contributed by atoms with E-state index in [0.29, 0.717) is 35.0 Å². The third kappa shape index (κ3) is 2.13. The van der Waals surface area contributed by atoms with Crippen LogP contribution >= 0.6 is 0 Å². The van der Waals surface area contributed by atoms with Gasteiger partial charge in [-0.15, -0.1) is 6.58 Å². The van der Waals surface area contributed by atoms with Crippen LogP contribution in [0.25, 0.3) is 10.9 Å². The Morgan fingerprint density at radius 1 is 1.61 bits per heavy atom. The molecule has 2 N–H and O–H groups in total. The predicted octanol–water partition coefficient (Wildman–Crippen LogP) is 3.00. The van der Waals surface area contributed by atoms with E-state index in [1.807, 2.05) is 6.07 Å². The van der Waals surface area contributed by atoms with Gasteiger partial charge >= 0.3 is 5.97 Å². The van der Waals surface area contributed by atoms with Gasteiger partial charge in [-0.2, -0.15) is 5.26 Å². The quantitative estimate of drug-likeness (QED) is 0.849. The van der Waals surface area contributed by atoms with E-state index < -0.39 is 17.4 Å². The lowest BCUT2D eigenvalue weighted by atomic mass is 9.86. The first kappa shape index (κ1) is 15.3. The number of nitrogens with zero attached hydrogens (tertiary/aromatic N) is 1. The number of rotatable bonds is 4. The highest BCUT2D eigenvalue weighted by Gasteiger charge is 2.47. The molecule has 23 heavy (non-hydrogen) atoms. The summed E-state index contributed by atoms with van der Waals surface area (Å²) in [5, 5.41) is 19.5. The Morgan fingerprint density at radius 3 is 3.04 bits per heavy atom. The molecule has 118 valence electrons. The van der Waals surface area contributed by atoms with E-state index in [4.69, 9.17) is 4.74 Å². The van der Waals surface area contributed by atoms with Crippen molar-refractivity contribution in [3.8, 4) is 6.07 Å². The minimum atomic E-state index is -1.57. The Labute approximate surface area is 132 Å². The largest absolute Gasteiger partial charge is 0.479 e. The van der Waals surface area contributed by atoms with Crippen molar-refractivity contribution in [2.24, 2.45) is 0 Å². The molecule has 1 atom stereocenters. The van der Waals surface area contributed by atoms with Crippen LogP contribution in [0.4, 0.5) is 4.39 Å². The van der Waals surface area contributed by atoms with E-state index in [0.717, 1.165) is 0 Å². The molecule has 0 aliphatic carbocycles. The molecule has 1 unspecified atom stereocenters. The molecule has 1 aliphatic heterocycles. The zero-order chi connectivity index (χ0) is 16.6. The molecule has 0 fully saturated rings. The summed E-state index contributed by atoms with van der Waals surface area (Å²) in [6, 6.07) is 4.66. The monoisotopic (exact) mass is 314 g/mol. The van der Waals surface area contributed by atoms with Crippen molar-refractivity contribution >= 4 is 16.9 Å². The molecule has 1 aromatic carbocycles. The van der Waals surface area contributed by atoms with Gasteiger partial charge in [-0.25, -0.2) is 9.18 Å². The van der Waals surface area contributed by atoms with Gasteiger partial charge in [-0.3, -0.25) is 0 Å². The summed E-state index contributed by atoms with van der Waals surface area (Å²) in [6.07, 6.45) is 2.67. The number of aromatic amines is 1. The molecule has 3 rings (SSSR count). The molecule has 5 nitrogen and oxygen atoms in total. The van der Waals surface area contributed by atoms with E-state index >= 15 is 0 Å². The number of benzene rings is 1. The molecule has 0 amide bonds. The maximum Gasteiger partial charge on any atom is 0.342 e. The number of fused-ring (bicyclic) bond motifs is 3. The Bertz CT molecular complexity index is 850. The molecule has 2 aromatic rings. The summed E-state index contributed by atoms with van der Waals surface area (Å²) >= 11 is 0. The Balaban J connectivity index is 2.33. The highest BCUT2D eigenvalue weighted by molar-refractivity contribution is 5.93. The molecule has 0 saturated carbocycles. The van der Waals surface area contributed by atoms with E-state index in [9.17, 15) is 19.6 Å². The number of carbonyl (C=O) groups is 1. The molecule has 0 saturated heterocycles. The van der Waals surface area contributed by atoms with Gasteiger partial charge in [0.15, 0.2) is 0 Å². The lowest BCUT2D eigenvalue weighted by Gasteiger charge is -2.33. The molecule has 2 heterocycles. The van der Waals surface area contributed by atoms with Crippen LogP contribution in [0.5, 0.6) is 0 Å². The first-order valence-electron chi connectivity index (χ1n) is 7.27. The maximum absolute atomic E-state index is 14.1. The summed E-state index contributed by atoms with van der Waals surface area (Å²) in [4.78, 5) is 14.8. The highest BCUT2D eigenvalue weighted by atomic mass is 19.1.